The third kappa shape index (κ3) is 12.5. The normalized spacial score (nSPS) is 13.0. The first kappa shape index (κ1) is 23.1. The summed E-state index contributed by atoms with van der Waals surface area (Å²) < 4.78 is 22.7. The average Bonchev–Trinajstić information content (AvgIpc) is 2.60. The van der Waals surface area contributed by atoms with Crippen molar-refractivity contribution in [1.29, 1.82) is 0 Å². The van der Waals surface area contributed by atoms with Crippen LogP contribution in [0, 0.1) is 0 Å². The fourth-order valence-corrected chi connectivity index (χ4v) is 1.91. The van der Waals surface area contributed by atoms with E-state index in [1.165, 1.54) is 0 Å². The van der Waals surface area contributed by atoms with Crippen LogP contribution in [0.25, 0.3) is 0 Å². The summed E-state index contributed by atoms with van der Waals surface area (Å²) in [7, 11) is 1.55. The van der Waals surface area contributed by atoms with Gasteiger partial charge in [-0.25, -0.2) is 0 Å². The molecule has 0 bridgehead atoms. The van der Waals surface area contributed by atoms with Crippen LogP contribution in [-0.2, 0) is 18.9 Å². The lowest BCUT2D eigenvalue weighted by molar-refractivity contribution is -0.492. The van der Waals surface area contributed by atoms with E-state index in [2.05, 4.69) is 57.2 Å². The largest absolute Gasteiger partial charge is 0.412 e. The van der Waals surface area contributed by atoms with E-state index in [1.807, 2.05) is 0 Å². The van der Waals surface area contributed by atoms with Crippen molar-refractivity contribution < 1.29 is 18.9 Å². The molecular formula is C20H36O4. The van der Waals surface area contributed by atoms with Crippen LogP contribution < -0.4 is 0 Å². The predicted octanol–water partition coefficient (Wildman–Crippen LogP) is 5.36. The fraction of sp³-hybridized carbons (Fsp3) is 0.700. The van der Waals surface area contributed by atoms with Crippen LogP contribution in [0.15, 0.2) is 36.5 Å². The molecule has 4 heteroatoms. The van der Waals surface area contributed by atoms with Gasteiger partial charge in [-0.05, 0) is 38.5 Å². The highest BCUT2D eigenvalue weighted by Gasteiger charge is 2.33. The Bertz CT molecular complexity index is 297. The molecule has 0 aliphatic carbocycles. The van der Waals surface area contributed by atoms with Crippen molar-refractivity contribution in [3.8, 4) is 0 Å². The summed E-state index contributed by atoms with van der Waals surface area (Å²) in [5.74, 6) is 0. The second-order valence-corrected chi connectivity index (χ2v) is 5.25. The van der Waals surface area contributed by atoms with Gasteiger partial charge in [-0.1, -0.05) is 57.2 Å². The molecule has 0 heterocycles. The molecule has 0 amide bonds. The third-order valence-electron chi connectivity index (χ3n) is 3.15. The summed E-state index contributed by atoms with van der Waals surface area (Å²) in [6, 6.07) is 0. The first-order chi connectivity index (χ1) is 11.7. The number of rotatable bonds is 16. The Labute approximate surface area is 148 Å². The fourth-order valence-electron chi connectivity index (χ4n) is 1.91. The van der Waals surface area contributed by atoms with Crippen molar-refractivity contribution >= 4 is 0 Å². The van der Waals surface area contributed by atoms with Gasteiger partial charge in [0.25, 0.3) is 0 Å². The predicted molar refractivity (Wildman–Crippen MR) is 99.7 cm³/mol. The lowest BCUT2D eigenvalue weighted by Gasteiger charge is -2.30. The first-order valence-electron chi connectivity index (χ1n) is 9.16. The minimum absolute atomic E-state index is 0.486. The van der Waals surface area contributed by atoms with Crippen LogP contribution in [0.2, 0.25) is 0 Å². The standard InChI is InChI=1S/C20H36O4/c1-5-8-11-14-17-22-20(21-4,23-18-15-12-9-6-2)24-19-16-13-10-7-3/h8-13H,5-7,14-19H2,1-4H3/b11-8-,12-9-,13-10-. The lowest BCUT2D eigenvalue weighted by Crippen LogP contribution is -2.42. The molecule has 0 rings (SSSR count). The molecule has 0 N–H and O–H groups in total. The van der Waals surface area contributed by atoms with Crippen molar-refractivity contribution in [3.63, 3.8) is 0 Å². The van der Waals surface area contributed by atoms with E-state index in [4.69, 9.17) is 18.9 Å². The maximum atomic E-state index is 5.77. The Balaban J connectivity index is 4.46. The zero-order valence-corrected chi connectivity index (χ0v) is 16.0. The highest BCUT2D eigenvalue weighted by atomic mass is 17.0. The van der Waals surface area contributed by atoms with Gasteiger partial charge in [0.05, 0.1) is 19.8 Å². The molecule has 0 atom stereocenters. The summed E-state index contributed by atoms with van der Waals surface area (Å²) >= 11 is 0. The highest BCUT2D eigenvalue weighted by molar-refractivity contribution is 4.81. The molecule has 0 aromatic rings. The summed E-state index contributed by atoms with van der Waals surface area (Å²) in [5.41, 5.74) is 0. The third-order valence-corrected chi connectivity index (χ3v) is 3.15. The van der Waals surface area contributed by atoms with Crippen molar-refractivity contribution in [2.45, 2.75) is 65.5 Å². The second-order valence-electron chi connectivity index (χ2n) is 5.25. The van der Waals surface area contributed by atoms with E-state index >= 15 is 0 Å². The number of hydrogen-bond donors (Lipinski definition) is 0. The Morgan fingerprint density at radius 2 is 0.917 bits per heavy atom. The zero-order valence-electron chi connectivity index (χ0n) is 16.0. The smallest absolute Gasteiger partial charge is 0.307 e. The maximum absolute atomic E-state index is 5.77. The number of hydrogen-bond acceptors (Lipinski definition) is 4. The van der Waals surface area contributed by atoms with Crippen LogP contribution in [0.3, 0.4) is 0 Å². The number of allylic oxidation sites excluding steroid dienone is 3. The molecule has 0 radical (unpaired) electrons. The van der Waals surface area contributed by atoms with Crippen LogP contribution in [-0.4, -0.2) is 33.1 Å². The second kappa shape index (κ2) is 16.9. The highest BCUT2D eigenvalue weighted by Crippen LogP contribution is 2.18. The maximum Gasteiger partial charge on any atom is 0.412 e. The Kier molecular flexibility index (Phi) is 16.2. The van der Waals surface area contributed by atoms with Crippen LogP contribution in [0.1, 0.15) is 59.3 Å². The molecule has 0 aromatic carbocycles. The van der Waals surface area contributed by atoms with Crippen molar-refractivity contribution in [1.82, 2.24) is 0 Å². The Morgan fingerprint density at radius 1 is 0.583 bits per heavy atom. The van der Waals surface area contributed by atoms with Gasteiger partial charge < -0.3 is 18.9 Å². The van der Waals surface area contributed by atoms with Gasteiger partial charge in [0.2, 0.25) is 0 Å². The van der Waals surface area contributed by atoms with Crippen LogP contribution in [0.4, 0.5) is 0 Å². The monoisotopic (exact) mass is 340 g/mol. The molecule has 4 nitrogen and oxygen atoms in total. The minimum atomic E-state index is -1.42. The van der Waals surface area contributed by atoms with E-state index in [0.717, 1.165) is 38.5 Å². The van der Waals surface area contributed by atoms with Crippen molar-refractivity contribution in [2.24, 2.45) is 0 Å². The van der Waals surface area contributed by atoms with E-state index in [9.17, 15) is 0 Å². The van der Waals surface area contributed by atoms with Gasteiger partial charge in [-0.15, -0.1) is 0 Å². The average molecular weight is 341 g/mol. The minimum Gasteiger partial charge on any atom is -0.307 e. The quantitative estimate of drug-likeness (QED) is 0.215. The molecule has 0 aromatic heterocycles. The molecular weight excluding hydrogens is 304 g/mol. The van der Waals surface area contributed by atoms with Crippen LogP contribution in [0.5, 0.6) is 0 Å². The molecule has 0 aliphatic heterocycles. The van der Waals surface area contributed by atoms with E-state index in [1.54, 1.807) is 7.11 Å². The molecule has 0 unspecified atom stereocenters. The molecule has 0 saturated carbocycles. The van der Waals surface area contributed by atoms with Gasteiger partial charge >= 0.3 is 6.16 Å². The van der Waals surface area contributed by atoms with Gasteiger partial charge in [-0.2, -0.15) is 0 Å². The molecule has 0 saturated heterocycles. The van der Waals surface area contributed by atoms with E-state index in [-0.39, 0.29) is 0 Å². The summed E-state index contributed by atoms with van der Waals surface area (Å²) in [6.07, 6.45) is 16.7. The molecule has 24 heavy (non-hydrogen) atoms. The Hall–Kier alpha value is -0.940. The van der Waals surface area contributed by atoms with Gasteiger partial charge in [0, 0.05) is 7.11 Å². The number of ether oxygens (including phenoxy) is 4. The topological polar surface area (TPSA) is 36.9 Å². The van der Waals surface area contributed by atoms with Crippen molar-refractivity contribution in [2.75, 3.05) is 26.9 Å². The summed E-state index contributed by atoms with van der Waals surface area (Å²) in [6.45, 7) is 7.78. The zero-order chi connectivity index (χ0) is 17.9. The van der Waals surface area contributed by atoms with Crippen molar-refractivity contribution in [3.05, 3.63) is 36.5 Å². The molecule has 0 aliphatic rings. The van der Waals surface area contributed by atoms with E-state index < -0.39 is 6.16 Å². The molecule has 0 spiro atoms. The molecule has 0 fully saturated rings. The van der Waals surface area contributed by atoms with Crippen LogP contribution >= 0.6 is 0 Å². The van der Waals surface area contributed by atoms with E-state index in [0.29, 0.717) is 19.8 Å². The SMILES string of the molecule is CC/C=C\CCOC(OC)(OCC/C=C\CC)OCC/C=C\CC. The first-order valence-corrected chi connectivity index (χ1v) is 9.16. The van der Waals surface area contributed by atoms with Gasteiger partial charge in [0.15, 0.2) is 0 Å². The summed E-state index contributed by atoms with van der Waals surface area (Å²) in [5, 5.41) is 0. The van der Waals surface area contributed by atoms with Gasteiger partial charge in [-0.3, -0.25) is 0 Å². The number of methoxy groups -OCH3 is 1. The van der Waals surface area contributed by atoms with Gasteiger partial charge in [0.1, 0.15) is 0 Å². The lowest BCUT2D eigenvalue weighted by atomic mass is 10.3. The summed E-state index contributed by atoms with van der Waals surface area (Å²) in [4.78, 5) is 0. The Morgan fingerprint density at radius 3 is 1.17 bits per heavy atom. The molecule has 140 valence electrons.